The zero-order valence-electron chi connectivity index (χ0n) is 5.63. The zero-order chi connectivity index (χ0) is 9.07. The predicted octanol–water partition coefficient (Wildman–Crippen LogP) is -0.584. The van der Waals surface area contributed by atoms with Crippen molar-refractivity contribution in [3.05, 3.63) is 0 Å². The second-order valence-electron chi connectivity index (χ2n) is 2.16. The highest BCUT2D eigenvalue weighted by atomic mass is 19.3. The van der Waals surface area contributed by atoms with Crippen molar-refractivity contribution in [1.29, 1.82) is 0 Å². The van der Waals surface area contributed by atoms with E-state index in [1.165, 1.54) is 0 Å². The van der Waals surface area contributed by atoms with Gasteiger partial charge in [0.15, 0.2) is 0 Å². The first-order chi connectivity index (χ1) is 4.90. The highest BCUT2D eigenvalue weighted by Crippen LogP contribution is 2.19. The fraction of sp³-hybridized carbons (Fsp3) is 0.800. The van der Waals surface area contributed by atoms with E-state index >= 15 is 0 Å². The van der Waals surface area contributed by atoms with Crippen LogP contribution in [0.15, 0.2) is 0 Å². The Morgan fingerprint density at radius 1 is 1.64 bits per heavy atom. The molecule has 0 amide bonds. The van der Waals surface area contributed by atoms with Gasteiger partial charge in [-0.05, 0) is 0 Å². The molecule has 0 fully saturated rings. The molecule has 0 radical (unpaired) electrons. The Labute approximate surface area is 61.6 Å². The van der Waals surface area contributed by atoms with E-state index in [1.54, 1.807) is 0 Å². The standard InChI is InChI=1S/C5H9F2NO3/c6-5(7,4(10)11)1-3(8)2-9/h3,9H,1-2,8H2,(H,10,11)/t3-/m1/s1. The normalized spacial score (nSPS) is 14.5. The van der Waals surface area contributed by atoms with Crippen molar-refractivity contribution < 1.29 is 23.8 Å². The molecule has 0 unspecified atom stereocenters. The number of aliphatic hydroxyl groups is 1. The van der Waals surface area contributed by atoms with E-state index in [9.17, 15) is 13.6 Å². The number of hydrogen-bond donors (Lipinski definition) is 3. The Morgan fingerprint density at radius 3 is 2.36 bits per heavy atom. The van der Waals surface area contributed by atoms with Crippen LogP contribution in [0.4, 0.5) is 8.78 Å². The number of nitrogens with two attached hydrogens (primary N) is 1. The molecular weight excluding hydrogens is 160 g/mol. The fourth-order valence-corrected chi connectivity index (χ4v) is 0.481. The van der Waals surface area contributed by atoms with Crippen LogP contribution in [0.25, 0.3) is 0 Å². The lowest BCUT2D eigenvalue weighted by Crippen LogP contribution is -2.38. The van der Waals surface area contributed by atoms with E-state index in [4.69, 9.17) is 15.9 Å². The summed E-state index contributed by atoms with van der Waals surface area (Å²) in [5.41, 5.74) is 4.90. The Hall–Kier alpha value is -0.750. The van der Waals surface area contributed by atoms with E-state index in [-0.39, 0.29) is 0 Å². The SMILES string of the molecule is N[C@@H](CO)CC(F)(F)C(=O)O. The number of aliphatic carboxylic acids is 1. The lowest BCUT2D eigenvalue weighted by molar-refractivity contribution is -0.166. The first-order valence-corrected chi connectivity index (χ1v) is 2.88. The van der Waals surface area contributed by atoms with Gasteiger partial charge in [0.25, 0.3) is 0 Å². The van der Waals surface area contributed by atoms with Crippen molar-refractivity contribution in [3.8, 4) is 0 Å². The smallest absolute Gasteiger partial charge is 0.374 e. The number of carboxylic acids is 1. The molecule has 0 rings (SSSR count). The summed E-state index contributed by atoms with van der Waals surface area (Å²) in [5, 5.41) is 16.1. The molecule has 0 aliphatic carbocycles. The van der Waals surface area contributed by atoms with Gasteiger partial charge in [0, 0.05) is 12.5 Å². The quantitative estimate of drug-likeness (QED) is 0.525. The summed E-state index contributed by atoms with van der Waals surface area (Å²) in [6.45, 7) is -0.650. The summed E-state index contributed by atoms with van der Waals surface area (Å²) >= 11 is 0. The third-order valence-corrected chi connectivity index (χ3v) is 1.07. The molecule has 0 spiro atoms. The topological polar surface area (TPSA) is 83.5 Å². The fourth-order valence-electron chi connectivity index (χ4n) is 0.481. The maximum absolute atomic E-state index is 12.2. The Bertz CT molecular complexity index is 151. The van der Waals surface area contributed by atoms with Crippen molar-refractivity contribution in [2.24, 2.45) is 5.73 Å². The summed E-state index contributed by atoms with van der Waals surface area (Å²) in [6, 6.07) is -1.19. The summed E-state index contributed by atoms with van der Waals surface area (Å²) < 4.78 is 24.4. The third-order valence-electron chi connectivity index (χ3n) is 1.07. The van der Waals surface area contributed by atoms with Crippen LogP contribution in [-0.4, -0.2) is 34.8 Å². The molecule has 0 aromatic rings. The van der Waals surface area contributed by atoms with Crippen LogP contribution in [0.2, 0.25) is 0 Å². The zero-order valence-corrected chi connectivity index (χ0v) is 5.63. The van der Waals surface area contributed by atoms with Gasteiger partial charge in [-0.1, -0.05) is 0 Å². The molecule has 66 valence electrons. The van der Waals surface area contributed by atoms with Crippen molar-refractivity contribution in [1.82, 2.24) is 0 Å². The van der Waals surface area contributed by atoms with Crippen molar-refractivity contribution in [2.45, 2.75) is 18.4 Å². The third kappa shape index (κ3) is 3.24. The number of alkyl halides is 2. The lowest BCUT2D eigenvalue weighted by atomic mass is 10.1. The minimum absolute atomic E-state index is 0.650. The number of carbonyl (C=O) groups is 1. The average molecular weight is 169 g/mol. The molecule has 6 heteroatoms. The van der Waals surface area contributed by atoms with Gasteiger partial charge in [-0.15, -0.1) is 0 Å². The van der Waals surface area contributed by atoms with Gasteiger partial charge >= 0.3 is 11.9 Å². The molecule has 0 saturated carbocycles. The minimum Gasteiger partial charge on any atom is -0.477 e. The van der Waals surface area contributed by atoms with Crippen molar-refractivity contribution in [3.63, 3.8) is 0 Å². The van der Waals surface area contributed by atoms with Crippen LogP contribution in [-0.2, 0) is 4.79 Å². The minimum atomic E-state index is -3.85. The lowest BCUT2D eigenvalue weighted by Gasteiger charge is -2.14. The second-order valence-corrected chi connectivity index (χ2v) is 2.16. The van der Waals surface area contributed by atoms with Gasteiger partial charge in [-0.2, -0.15) is 8.78 Å². The Balaban J connectivity index is 4.01. The molecule has 4 N–H and O–H groups in total. The molecule has 1 atom stereocenters. The molecule has 0 aliphatic rings. The number of halogens is 2. The predicted molar refractivity (Wildman–Crippen MR) is 32.3 cm³/mol. The summed E-state index contributed by atoms with van der Waals surface area (Å²) in [5.74, 6) is -6.07. The van der Waals surface area contributed by atoms with Crippen LogP contribution in [0, 0.1) is 0 Å². The summed E-state index contributed by atoms with van der Waals surface area (Å²) in [7, 11) is 0. The maximum atomic E-state index is 12.2. The molecule has 4 nitrogen and oxygen atoms in total. The van der Waals surface area contributed by atoms with Gasteiger partial charge < -0.3 is 15.9 Å². The highest BCUT2D eigenvalue weighted by molar-refractivity contribution is 5.75. The van der Waals surface area contributed by atoms with E-state index in [0.29, 0.717) is 0 Å². The van der Waals surface area contributed by atoms with Crippen molar-refractivity contribution >= 4 is 5.97 Å². The van der Waals surface area contributed by atoms with Crippen molar-refractivity contribution in [2.75, 3.05) is 6.61 Å². The van der Waals surface area contributed by atoms with Crippen LogP contribution in [0.5, 0.6) is 0 Å². The van der Waals surface area contributed by atoms with Crippen LogP contribution in [0.3, 0.4) is 0 Å². The first kappa shape index (κ1) is 10.2. The van der Waals surface area contributed by atoms with Gasteiger partial charge in [0.2, 0.25) is 0 Å². The molecule has 0 aromatic carbocycles. The molecular formula is C5H9F2NO3. The summed E-state index contributed by atoms with van der Waals surface area (Å²) in [6.07, 6.45) is -1.04. The van der Waals surface area contributed by atoms with E-state index in [0.717, 1.165) is 0 Å². The molecule has 0 saturated heterocycles. The maximum Gasteiger partial charge on any atom is 0.374 e. The Kier molecular flexibility index (Phi) is 3.34. The van der Waals surface area contributed by atoms with Gasteiger partial charge in [-0.25, -0.2) is 4.79 Å². The monoisotopic (exact) mass is 169 g/mol. The molecule has 0 heterocycles. The number of carboxylic acid groups (broad SMARTS) is 1. The van der Waals surface area contributed by atoms with Gasteiger partial charge in [0.1, 0.15) is 0 Å². The largest absolute Gasteiger partial charge is 0.477 e. The first-order valence-electron chi connectivity index (χ1n) is 2.88. The van der Waals surface area contributed by atoms with Gasteiger partial charge in [0.05, 0.1) is 6.61 Å². The average Bonchev–Trinajstić information content (AvgIpc) is 1.86. The highest BCUT2D eigenvalue weighted by Gasteiger charge is 2.40. The summed E-state index contributed by atoms with van der Waals surface area (Å²) in [4.78, 5) is 9.79. The second kappa shape index (κ2) is 3.59. The Morgan fingerprint density at radius 2 is 2.09 bits per heavy atom. The van der Waals surface area contributed by atoms with Crippen LogP contribution in [0.1, 0.15) is 6.42 Å². The molecule has 0 bridgehead atoms. The van der Waals surface area contributed by atoms with Gasteiger partial charge in [-0.3, -0.25) is 0 Å². The van der Waals surface area contributed by atoms with Crippen LogP contribution < -0.4 is 5.73 Å². The van der Waals surface area contributed by atoms with E-state index in [2.05, 4.69) is 0 Å². The van der Waals surface area contributed by atoms with Crippen LogP contribution >= 0.6 is 0 Å². The molecule has 0 aliphatic heterocycles. The number of aliphatic hydroxyl groups excluding tert-OH is 1. The van der Waals surface area contributed by atoms with E-state index in [1.807, 2.05) is 0 Å². The molecule has 11 heavy (non-hydrogen) atoms. The van der Waals surface area contributed by atoms with E-state index < -0.39 is 31.0 Å². The number of hydrogen-bond acceptors (Lipinski definition) is 3. The number of rotatable bonds is 4. The molecule has 0 aromatic heterocycles.